The van der Waals surface area contributed by atoms with Gasteiger partial charge >= 0.3 is 12.1 Å². The zero-order valence-electron chi connectivity index (χ0n) is 23.1. The molecule has 4 aromatic rings. The lowest BCUT2D eigenvalue weighted by Gasteiger charge is -2.34. The molecule has 42 heavy (non-hydrogen) atoms. The fourth-order valence-corrected chi connectivity index (χ4v) is 5.07. The smallest absolute Gasteiger partial charge is 0.416 e. The number of hydrogen-bond acceptors (Lipinski definition) is 6. The number of halogens is 4. The van der Waals surface area contributed by atoms with Crippen LogP contribution in [0.4, 0.5) is 17.6 Å². The third-order valence-electron chi connectivity index (χ3n) is 7.42. The third kappa shape index (κ3) is 7.21. The van der Waals surface area contributed by atoms with Crippen molar-refractivity contribution >= 4 is 5.97 Å². The van der Waals surface area contributed by atoms with Gasteiger partial charge in [0.2, 0.25) is 0 Å². The van der Waals surface area contributed by atoms with E-state index in [2.05, 4.69) is 24.3 Å². The maximum Gasteiger partial charge on any atom is 0.416 e. The SMILES string of the molecule is COC(=O)c1ccnc(-c2ncc(CN3CCN(Cc4ccc(C(F)(F)F)cc4)CC3)n2CCc2ccc(F)cc2)c1. The number of aryl methyl sites for hydroxylation is 1. The summed E-state index contributed by atoms with van der Waals surface area (Å²) in [5.41, 5.74) is 3.09. The quantitative estimate of drug-likeness (QED) is 0.194. The minimum atomic E-state index is -4.34. The van der Waals surface area contributed by atoms with Crippen LogP contribution in [0.2, 0.25) is 0 Å². The number of nitrogens with zero attached hydrogens (tertiary/aromatic N) is 5. The second-order valence-electron chi connectivity index (χ2n) is 10.3. The van der Waals surface area contributed by atoms with Crippen LogP contribution in [-0.4, -0.2) is 63.6 Å². The van der Waals surface area contributed by atoms with Crippen LogP contribution < -0.4 is 0 Å². The molecule has 0 spiro atoms. The molecule has 1 aliphatic heterocycles. The van der Waals surface area contributed by atoms with Gasteiger partial charge in [0.1, 0.15) is 11.5 Å². The Hall–Kier alpha value is -4.09. The normalized spacial score (nSPS) is 14.7. The van der Waals surface area contributed by atoms with Crippen LogP contribution in [0, 0.1) is 5.82 Å². The molecule has 3 heterocycles. The number of methoxy groups -OCH3 is 1. The number of piperazine rings is 1. The molecule has 0 unspecified atom stereocenters. The van der Waals surface area contributed by atoms with E-state index < -0.39 is 17.7 Å². The van der Waals surface area contributed by atoms with E-state index in [0.29, 0.717) is 43.1 Å². The topological polar surface area (TPSA) is 63.5 Å². The van der Waals surface area contributed by atoms with Crippen molar-refractivity contribution in [3.05, 3.63) is 107 Å². The molecule has 220 valence electrons. The highest BCUT2D eigenvalue weighted by molar-refractivity contribution is 5.90. The predicted octanol–water partition coefficient (Wildman–Crippen LogP) is 5.45. The molecule has 0 radical (unpaired) electrons. The van der Waals surface area contributed by atoms with Gasteiger partial charge in [0.15, 0.2) is 5.82 Å². The zero-order valence-corrected chi connectivity index (χ0v) is 23.1. The fraction of sp³-hybridized carbons (Fsp3) is 0.323. The Morgan fingerprint density at radius 1 is 0.881 bits per heavy atom. The standard InChI is InChI=1S/C31H31F4N5O2/c1-42-30(41)24-10-12-36-28(18-24)29-37-19-27(40(29)13-11-22-4-8-26(32)9-5-22)21-39-16-14-38(15-17-39)20-23-2-6-25(7-3-23)31(33,34)35/h2-10,12,18-19H,11,13-17,20-21H2,1H3. The van der Waals surface area contributed by atoms with Gasteiger partial charge in [-0.05, 0) is 53.9 Å². The van der Waals surface area contributed by atoms with Gasteiger partial charge in [-0.2, -0.15) is 13.2 Å². The molecule has 0 N–H and O–H groups in total. The van der Waals surface area contributed by atoms with Gasteiger partial charge in [-0.15, -0.1) is 0 Å². The Balaban J connectivity index is 1.28. The Morgan fingerprint density at radius 3 is 2.17 bits per heavy atom. The van der Waals surface area contributed by atoms with Crippen LogP contribution in [-0.2, 0) is 37.0 Å². The van der Waals surface area contributed by atoms with Crippen molar-refractivity contribution in [1.82, 2.24) is 24.3 Å². The van der Waals surface area contributed by atoms with Crippen molar-refractivity contribution in [1.29, 1.82) is 0 Å². The van der Waals surface area contributed by atoms with Gasteiger partial charge < -0.3 is 9.30 Å². The molecule has 5 rings (SSSR count). The van der Waals surface area contributed by atoms with E-state index in [0.717, 1.165) is 55.1 Å². The zero-order chi connectivity index (χ0) is 29.7. The van der Waals surface area contributed by atoms with Crippen molar-refractivity contribution in [2.45, 2.75) is 32.2 Å². The average molecular weight is 582 g/mol. The molecule has 1 fully saturated rings. The van der Waals surface area contributed by atoms with E-state index >= 15 is 0 Å². The molecule has 0 bridgehead atoms. The van der Waals surface area contributed by atoms with Crippen LogP contribution in [0.5, 0.6) is 0 Å². The van der Waals surface area contributed by atoms with Crippen LogP contribution >= 0.6 is 0 Å². The summed E-state index contributed by atoms with van der Waals surface area (Å²) in [5.74, 6) is -0.125. The molecule has 0 saturated carbocycles. The molecule has 2 aromatic heterocycles. The molecule has 11 heteroatoms. The molecule has 0 atom stereocenters. The number of benzene rings is 2. The molecule has 0 aliphatic carbocycles. The van der Waals surface area contributed by atoms with E-state index in [9.17, 15) is 22.4 Å². The summed E-state index contributed by atoms with van der Waals surface area (Å²) >= 11 is 0. The predicted molar refractivity (Wildman–Crippen MR) is 149 cm³/mol. The third-order valence-corrected chi connectivity index (χ3v) is 7.42. The van der Waals surface area contributed by atoms with Crippen molar-refractivity contribution in [2.75, 3.05) is 33.3 Å². The lowest BCUT2D eigenvalue weighted by atomic mass is 10.1. The highest BCUT2D eigenvalue weighted by atomic mass is 19.4. The molecule has 7 nitrogen and oxygen atoms in total. The van der Waals surface area contributed by atoms with E-state index in [4.69, 9.17) is 4.74 Å². The summed E-state index contributed by atoms with van der Waals surface area (Å²) in [6.07, 6.45) is -0.318. The first-order valence-electron chi connectivity index (χ1n) is 13.6. The number of alkyl halides is 3. The Morgan fingerprint density at radius 2 is 1.52 bits per heavy atom. The van der Waals surface area contributed by atoms with Crippen LogP contribution in [0.1, 0.15) is 32.7 Å². The van der Waals surface area contributed by atoms with Gasteiger partial charge in [-0.25, -0.2) is 14.2 Å². The van der Waals surface area contributed by atoms with Gasteiger partial charge in [-0.3, -0.25) is 14.8 Å². The summed E-state index contributed by atoms with van der Waals surface area (Å²) in [7, 11) is 1.33. The number of hydrogen-bond donors (Lipinski definition) is 0. The van der Waals surface area contributed by atoms with Crippen molar-refractivity contribution in [3.8, 4) is 11.5 Å². The first-order chi connectivity index (χ1) is 20.2. The lowest BCUT2D eigenvalue weighted by Crippen LogP contribution is -2.45. The lowest BCUT2D eigenvalue weighted by molar-refractivity contribution is -0.137. The molecule has 1 aliphatic rings. The largest absolute Gasteiger partial charge is 0.465 e. The van der Waals surface area contributed by atoms with E-state index in [-0.39, 0.29) is 5.82 Å². The van der Waals surface area contributed by atoms with Crippen molar-refractivity contribution in [3.63, 3.8) is 0 Å². The van der Waals surface area contributed by atoms with Gasteiger partial charge in [0.25, 0.3) is 0 Å². The number of rotatable bonds is 9. The number of carbonyl (C=O) groups excluding carboxylic acids is 1. The second-order valence-corrected chi connectivity index (χ2v) is 10.3. The molecule has 2 aromatic carbocycles. The Kier molecular flexibility index (Phi) is 8.98. The Bertz CT molecular complexity index is 1500. The highest BCUT2D eigenvalue weighted by Gasteiger charge is 2.30. The van der Waals surface area contributed by atoms with E-state index in [1.165, 1.54) is 19.2 Å². The molecular formula is C31H31F4N5O2. The number of pyridine rings is 1. The number of imidazole rings is 1. The highest BCUT2D eigenvalue weighted by Crippen LogP contribution is 2.29. The van der Waals surface area contributed by atoms with Crippen molar-refractivity contribution in [2.24, 2.45) is 0 Å². The van der Waals surface area contributed by atoms with Crippen molar-refractivity contribution < 1.29 is 27.1 Å². The Labute approximate surface area is 241 Å². The first kappa shape index (κ1) is 29.4. The summed E-state index contributed by atoms with van der Waals surface area (Å²) in [5, 5.41) is 0. The van der Waals surface area contributed by atoms with Crippen LogP contribution in [0.25, 0.3) is 11.5 Å². The minimum Gasteiger partial charge on any atom is -0.465 e. The molecule has 0 amide bonds. The maximum absolute atomic E-state index is 13.4. The fourth-order valence-electron chi connectivity index (χ4n) is 5.07. The van der Waals surface area contributed by atoms with Gasteiger partial charge in [-0.1, -0.05) is 24.3 Å². The van der Waals surface area contributed by atoms with Gasteiger partial charge in [0.05, 0.1) is 30.1 Å². The summed E-state index contributed by atoms with van der Waals surface area (Å²) < 4.78 is 59.0. The van der Waals surface area contributed by atoms with Crippen LogP contribution in [0.15, 0.2) is 73.1 Å². The second kappa shape index (κ2) is 12.8. The maximum atomic E-state index is 13.4. The number of ether oxygens (including phenoxy) is 1. The number of carbonyl (C=O) groups is 1. The summed E-state index contributed by atoms with van der Waals surface area (Å²) in [6, 6.07) is 15.0. The first-order valence-corrected chi connectivity index (χ1v) is 13.6. The van der Waals surface area contributed by atoms with E-state index in [1.54, 1.807) is 42.6 Å². The summed E-state index contributed by atoms with van der Waals surface area (Å²) in [6.45, 7) is 4.94. The molecular weight excluding hydrogens is 550 g/mol. The average Bonchev–Trinajstić information content (AvgIpc) is 3.39. The van der Waals surface area contributed by atoms with E-state index in [1.807, 2.05) is 6.20 Å². The molecule has 1 saturated heterocycles. The minimum absolute atomic E-state index is 0.288. The van der Waals surface area contributed by atoms with Gasteiger partial charge in [0, 0.05) is 52.0 Å². The number of esters is 1. The number of aromatic nitrogens is 3. The monoisotopic (exact) mass is 581 g/mol. The van der Waals surface area contributed by atoms with Crippen LogP contribution in [0.3, 0.4) is 0 Å². The summed E-state index contributed by atoms with van der Waals surface area (Å²) in [4.78, 5) is 25.8.